The Balaban J connectivity index is 1.81. The molecule has 0 atom stereocenters. The number of amides is 1. The van der Waals surface area contributed by atoms with Gasteiger partial charge in [0, 0.05) is 17.8 Å². The van der Waals surface area contributed by atoms with Gasteiger partial charge in [-0.1, -0.05) is 6.07 Å². The van der Waals surface area contributed by atoms with Crippen molar-refractivity contribution in [1.82, 2.24) is 0 Å². The number of benzene rings is 2. The lowest BCUT2D eigenvalue weighted by Gasteiger charge is -2.20. The van der Waals surface area contributed by atoms with Gasteiger partial charge in [0.2, 0.25) is 10.0 Å². The van der Waals surface area contributed by atoms with Crippen LogP contribution in [0.25, 0.3) is 0 Å². The lowest BCUT2D eigenvalue weighted by Crippen LogP contribution is -2.25. The second kappa shape index (κ2) is 6.52. The van der Waals surface area contributed by atoms with Gasteiger partial charge < -0.3 is 5.32 Å². The van der Waals surface area contributed by atoms with Gasteiger partial charge in [-0.25, -0.2) is 8.42 Å². The van der Waals surface area contributed by atoms with Crippen LogP contribution in [0.4, 0.5) is 11.4 Å². The summed E-state index contributed by atoms with van der Waals surface area (Å²) in [6.45, 7) is 6.35. The molecular weight excluding hydrogens is 336 g/mol. The molecule has 6 heteroatoms. The number of aryl methyl sites for hydroxylation is 3. The van der Waals surface area contributed by atoms with Crippen molar-refractivity contribution >= 4 is 27.3 Å². The molecule has 2 aromatic rings. The zero-order valence-electron chi connectivity index (χ0n) is 14.7. The van der Waals surface area contributed by atoms with Gasteiger partial charge in [-0.2, -0.15) is 0 Å². The summed E-state index contributed by atoms with van der Waals surface area (Å²) in [7, 11) is -3.20. The molecule has 0 saturated carbocycles. The van der Waals surface area contributed by atoms with E-state index in [2.05, 4.69) is 5.32 Å². The highest BCUT2D eigenvalue weighted by molar-refractivity contribution is 7.93. The van der Waals surface area contributed by atoms with Gasteiger partial charge in [-0.3, -0.25) is 9.10 Å². The van der Waals surface area contributed by atoms with Crippen molar-refractivity contribution in [2.75, 3.05) is 21.9 Å². The van der Waals surface area contributed by atoms with Crippen LogP contribution in [0, 0.1) is 20.8 Å². The van der Waals surface area contributed by atoms with Crippen LogP contribution in [0.3, 0.4) is 0 Å². The monoisotopic (exact) mass is 358 g/mol. The summed E-state index contributed by atoms with van der Waals surface area (Å²) >= 11 is 0. The predicted octanol–water partition coefficient (Wildman–Crippen LogP) is 3.40. The molecule has 1 aliphatic rings. The fraction of sp³-hybridized carbons (Fsp3) is 0.316. The third-order valence-electron chi connectivity index (χ3n) is 4.59. The van der Waals surface area contributed by atoms with Crippen molar-refractivity contribution in [3.8, 4) is 0 Å². The molecule has 132 valence electrons. The van der Waals surface area contributed by atoms with E-state index < -0.39 is 10.0 Å². The average molecular weight is 358 g/mol. The standard InChI is InChI=1S/C19H22N2O3S/c1-13-5-6-16(11-14(13)2)19(22)20-17-7-8-18(15(3)12-17)21-9-4-10-25(21,23)24/h5-8,11-12H,4,9-10H2,1-3H3,(H,20,22). The summed E-state index contributed by atoms with van der Waals surface area (Å²) in [5, 5.41) is 2.88. The summed E-state index contributed by atoms with van der Waals surface area (Å²) in [6, 6.07) is 10.9. The maximum atomic E-state index is 12.4. The number of sulfonamides is 1. The molecule has 25 heavy (non-hydrogen) atoms. The molecule has 1 N–H and O–H groups in total. The van der Waals surface area contributed by atoms with Crippen molar-refractivity contribution in [3.63, 3.8) is 0 Å². The normalized spacial score (nSPS) is 16.0. The second-order valence-corrected chi connectivity index (χ2v) is 8.51. The van der Waals surface area contributed by atoms with Gasteiger partial charge in [-0.15, -0.1) is 0 Å². The maximum Gasteiger partial charge on any atom is 0.255 e. The van der Waals surface area contributed by atoms with E-state index in [1.54, 1.807) is 18.2 Å². The molecule has 0 unspecified atom stereocenters. The summed E-state index contributed by atoms with van der Waals surface area (Å²) in [4.78, 5) is 12.4. The van der Waals surface area contributed by atoms with Crippen molar-refractivity contribution in [2.24, 2.45) is 0 Å². The Morgan fingerprint density at radius 2 is 1.76 bits per heavy atom. The molecule has 0 spiro atoms. The van der Waals surface area contributed by atoms with Crippen LogP contribution in [-0.2, 0) is 10.0 Å². The second-order valence-electron chi connectivity index (χ2n) is 6.50. The molecule has 1 fully saturated rings. The number of nitrogens with zero attached hydrogens (tertiary/aromatic N) is 1. The predicted molar refractivity (Wildman–Crippen MR) is 101 cm³/mol. The third kappa shape index (κ3) is 3.54. The Kier molecular flexibility index (Phi) is 4.56. The Morgan fingerprint density at radius 3 is 2.36 bits per heavy atom. The first-order valence-electron chi connectivity index (χ1n) is 8.27. The number of anilines is 2. The zero-order valence-corrected chi connectivity index (χ0v) is 15.5. The molecule has 0 aromatic heterocycles. The van der Waals surface area contributed by atoms with E-state index in [1.807, 2.05) is 39.0 Å². The lowest BCUT2D eigenvalue weighted by atomic mass is 10.1. The quantitative estimate of drug-likeness (QED) is 0.914. The first-order valence-corrected chi connectivity index (χ1v) is 9.88. The fourth-order valence-electron chi connectivity index (χ4n) is 3.01. The third-order valence-corrected chi connectivity index (χ3v) is 6.45. The SMILES string of the molecule is Cc1ccc(C(=O)Nc2ccc(N3CCCS3(=O)=O)c(C)c2)cc1C. The molecular formula is C19H22N2O3S. The van der Waals surface area contributed by atoms with E-state index in [0.29, 0.717) is 29.9 Å². The molecule has 0 aliphatic carbocycles. The first kappa shape index (κ1) is 17.5. The Morgan fingerprint density at radius 1 is 1.00 bits per heavy atom. The van der Waals surface area contributed by atoms with Gasteiger partial charge in [-0.05, 0) is 74.2 Å². The molecule has 2 aromatic carbocycles. The highest BCUT2D eigenvalue weighted by Crippen LogP contribution is 2.29. The van der Waals surface area contributed by atoms with E-state index in [1.165, 1.54) is 4.31 Å². The topological polar surface area (TPSA) is 66.5 Å². The largest absolute Gasteiger partial charge is 0.322 e. The zero-order chi connectivity index (χ0) is 18.2. The van der Waals surface area contributed by atoms with Crippen LogP contribution < -0.4 is 9.62 Å². The van der Waals surface area contributed by atoms with Gasteiger partial charge in [0.05, 0.1) is 11.4 Å². The van der Waals surface area contributed by atoms with Crippen LogP contribution in [0.5, 0.6) is 0 Å². The number of carbonyl (C=O) groups excluding carboxylic acids is 1. The summed E-state index contributed by atoms with van der Waals surface area (Å²) in [6.07, 6.45) is 0.646. The molecule has 1 heterocycles. The fourth-order valence-corrected chi connectivity index (χ4v) is 4.64. The number of nitrogens with one attached hydrogen (secondary N) is 1. The minimum atomic E-state index is -3.20. The summed E-state index contributed by atoms with van der Waals surface area (Å²) in [5.41, 5.74) is 4.97. The number of rotatable bonds is 3. The van der Waals surface area contributed by atoms with Gasteiger partial charge in [0.25, 0.3) is 5.91 Å². The van der Waals surface area contributed by atoms with Crippen molar-refractivity contribution in [1.29, 1.82) is 0 Å². The summed E-state index contributed by atoms with van der Waals surface area (Å²) < 4.78 is 25.6. The van der Waals surface area contributed by atoms with Gasteiger partial charge in [0.1, 0.15) is 0 Å². The minimum absolute atomic E-state index is 0.177. The molecule has 5 nitrogen and oxygen atoms in total. The van der Waals surface area contributed by atoms with Crippen LogP contribution in [0.2, 0.25) is 0 Å². The molecule has 3 rings (SSSR count). The van der Waals surface area contributed by atoms with Crippen LogP contribution in [0.15, 0.2) is 36.4 Å². The van der Waals surface area contributed by atoms with Crippen molar-refractivity contribution in [3.05, 3.63) is 58.7 Å². The Labute approximate surface area is 148 Å². The smallest absolute Gasteiger partial charge is 0.255 e. The van der Waals surface area contributed by atoms with E-state index in [0.717, 1.165) is 16.7 Å². The van der Waals surface area contributed by atoms with E-state index in [-0.39, 0.29) is 11.7 Å². The summed E-state index contributed by atoms with van der Waals surface area (Å²) in [5.74, 6) is 0.0154. The van der Waals surface area contributed by atoms with Gasteiger partial charge in [0.15, 0.2) is 0 Å². The highest BCUT2D eigenvalue weighted by atomic mass is 32.2. The van der Waals surface area contributed by atoms with E-state index >= 15 is 0 Å². The van der Waals surface area contributed by atoms with Crippen LogP contribution in [0.1, 0.15) is 33.5 Å². The first-order chi connectivity index (χ1) is 11.8. The number of hydrogen-bond donors (Lipinski definition) is 1. The molecule has 1 saturated heterocycles. The van der Waals surface area contributed by atoms with E-state index in [4.69, 9.17) is 0 Å². The average Bonchev–Trinajstić information content (AvgIpc) is 2.89. The van der Waals surface area contributed by atoms with Crippen LogP contribution in [-0.4, -0.2) is 26.6 Å². The Hall–Kier alpha value is -2.34. The van der Waals surface area contributed by atoms with Gasteiger partial charge >= 0.3 is 0 Å². The molecule has 1 aliphatic heterocycles. The minimum Gasteiger partial charge on any atom is -0.322 e. The van der Waals surface area contributed by atoms with Crippen LogP contribution >= 0.6 is 0 Å². The highest BCUT2D eigenvalue weighted by Gasteiger charge is 2.29. The lowest BCUT2D eigenvalue weighted by molar-refractivity contribution is 0.102. The number of hydrogen-bond acceptors (Lipinski definition) is 3. The molecule has 0 bridgehead atoms. The van der Waals surface area contributed by atoms with Crippen molar-refractivity contribution < 1.29 is 13.2 Å². The molecule has 1 amide bonds. The van der Waals surface area contributed by atoms with E-state index in [9.17, 15) is 13.2 Å². The maximum absolute atomic E-state index is 12.4. The van der Waals surface area contributed by atoms with Crippen molar-refractivity contribution in [2.45, 2.75) is 27.2 Å². The number of carbonyl (C=O) groups is 1. The Bertz CT molecular complexity index is 936. The molecule has 0 radical (unpaired) electrons.